The van der Waals surface area contributed by atoms with Gasteiger partial charge >= 0.3 is 0 Å². The fourth-order valence-corrected chi connectivity index (χ4v) is 2.06. The van der Waals surface area contributed by atoms with E-state index >= 15 is 0 Å². The fourth-order valence-electron chi connectivity index (χ4n) is 2.06. The van der Waals surface area contributed by atoms with Crippen LogP contribution < -0.4 is 4.74 Å². The van der Waals surface area contributed by atoms with Crippen LogP contribution in [0.4, 0.5) is 35.1 Å². The zero-order valence-electron chi connectivity index (χ0n) is 10.7. The maximum Gasteiger partial charge on any atom is 0.204 e. The van der Waals surface area contributed by atoms with Gasteiger partial charge in [-0.2, -0.15) is 8.78 Å². The molecule has 1 aliphatic rings. The van der Waals surface area contributed by atoms with E-state index in [0.717, 1.165) is 0 Å². The molecule has 0 saturated heterocycles. The van der Waals surface area contributed by atoms with Gasteiger partial charge in [0, 0.05) is 11.6 Å². The maximum absolute atomic E-state index is 13.8. The Balaban J connectivity index is 2.76. The molecule has 0 aromatic heterocycles. The predicted molar refractivity (Wildman–Crippen MR) is 58.9 cm³/mol. The number of alkyl halides is 1. The monoisotopic (exact) mass is 330 g/mol. The van der Waals surface area contributed by atoms with Crippen molar-refractivity contribution in [2.24, 2.45) is 0 Å². The number of ether oxygens (including phenoxy) is 1. The SMILES string of the molecule is COc1c(F)c(F)c(C2C(F)=C(F)C=C(F)C2F)c(F)c1F. The fraction of sp³-hybridized carbons (Fsp3) is 0.231. The van der Waals surface area contributed by atoms with E-state index in [1.807, 2.05) is 0 Å². The maximum atomic E-state index is 13.8. The van der Waals surface area contributed by atoms with Gasteiger partial charge in [0.1, 0.15) is 11.7 Å². The van der Waals surface area contributed by atoms with Crippen LogP contribution in [0.25, 0.3) is 0 Å². The normalized spacial score (nSPS) is 22.0. The van der Waals surface area contributed by atoms with Crippen LogP contribution in [-0.4, -0.2) is 13.3 Å². The molecule has 0 radical (unpaired) electrons. The van der Waals surface area contributed by atoms with Gasteiger partial charge in [-0.1, -0.05) is 0 Å². The molecular formula is C13H6F8O. The first-order valence-corrected chi connectivity index (χ1v) is 5.68. The highest BCUT2D eigenvalue weighted by atomic mass is 19.2. The lowest BCUT2D eigenvalue weighted by Crippen LogP contribution is -2.23. The molecule has 0 spiro atoms. The highest BCUT2D eigenvalue weighted by molar-refractivity contribution is 5.44. The predicted octanol–water partition coefficient (Wildman–Crippen LogP) is 4.69. The second-order valence-corrected chi connectivity index (χ2v) is 4.31. The van der Waals surface area contributed by atoms with E-state index in [1.54, 1.807) is 0 Å². The molecule has 0 N–H and O–H groups in total. The summed E-state index contributed by atoms with van der Waals surface area (Å²) in [6.07, 6.45) is -3.21. The van der Waals surface area contributed by atoms with Gasteiger partial charge in [-0.05, 0) is 0 Å². The minimum absolute atomic E-state index is 0.164. The number of rotatable bonds is 2. The summed E-state index contributed by atoms with van der Waals surface area (Å²) in [6, 6.07) is 0. The molecule has 0 fully saturated rings. The van der Waals surface area contributed by atoms with Gasteiger partial charge in [-0.15, -0.1) is 0 Å². The molecule has 1 aromatic rings. The van der Waals surface area contributed by atoms with Crippen molar-refractivity contribution in [1.82, 2.24) is 0 Å². The number of allylic oxidation sites excluding steroid dienone is 4. The largest absolute Gasteiger partial charge is 0.491 e. The third-order valence-corrected chi connectivity index (χ3v) is 3.09. The second kappa shape index (κ2) is 5.62. The Kier molecular flexibility index (Phi) is 4.17. The summed E-state index contributed by atoms with van der Waals surface area (Å²) in [5.41, 5.74) is -1.81. The van der Waals surface area contributed by atoms with E-state index in [9.17, 15) is 35.1 Å². The Morgan fingerprint density at radius 3 is 1.82 bits per heavy atom. The van der Waals surface area contributed by atoms with Crippen LogP contribution in [0.3, 0.4) is 0 Å². The molecule has 0 saturated carbocycles. The quantitative estimate of drug-likeness (QED) is 0.565. The topological polar surface area (TPSA) is 9.23 Å². The third-order valence-electron chi connectivity index (χ3n) is 3.09. The van der Waals surface area contributed by atoms with Crippen LogP contribution in [0.15, 0.2) is 23.6 Å². The van der Waals surface area contributed by atoms with Crippen molar-refractivity contribution < 1.29 is 39.9 Å². The van der Waals surface area contributed by atoms with Crippen LogP contribution in [0, 0.1) is 23.3 Å². The molecule has 0 bridgehead atoms. The molecule has 22 heavy (non-hydrogen) atoms. The molecule has 120 valence electrons. The molecule has 0 aliphatic heterocycles. The molecule has 0 heterocycles. The molecule has 2 rings (SSSR count). The molecule has 2 atom stereocenters. The Morgan fingerprint density at radius 1 is 0.864 bits per heavy atom. The number of methoxy groups -OCH3 is 1. The molecule has 1 nitrogen and oxygen atoms in total. The second-order valence-electron chi connectivity index (χ2n) is 4.31. The van der Waals surface area contributed by atoms with E-state index in [2.05, 4.69) is 4.74 Å². The first-order valence-electron chi connectivity index (χ1n) is 5.68. The van der Waals surface area contributed by atoms with E-state index in [1.165, 1.54) is 0 Å². The Morgan fingerprint density at radius 2 is 1.36 bits per heavy atom. The summed E-state index contributed by atoms with van der Waals surface area (Å²) < 4.78 is 112. The summed E-state index contributed by atoms with van der Waals surface area (Å²) in [4.78, 5) is 0. The van der Waals surface area contributed by atoms with Gasteiger partial charge < -0.3 is 4.74 Å². The van der Waals surface area contributed by atoms with Crippen molar-refractivity contribution >= 4 is 0 Å². The lowest BCUT2D eigenvalue weighted by Gasteiger charge is -2.24. The number of benzene rings is 1. The minimum atomic E-state index is -3.05. The molecule has 2 unspecified atom stereocenters. The van der Waals surface area contributed by atoms with Gasteiger partial charge in [0.15, 0.2) is 29.4 Å². The van der Waals surface area contributed by atoms with E-state index in [-0.39, 0.29) is 6.08 Å². The van der Waals surface area contributed by atoms with Gasteiger partial charge in [-0.3, -0.25) is 0 Å². The smallest absolute Gasteiger partial charge is 0.204 e. The highest BCUT2D eigenvalue weighted by Crippen LogP contribution is 2.45. The standard InChI is InChI=1S/C13H6F8O/c1-22-13-11(20)9(18)6(10(19)12(13)21)5-7(16)3(14)2-4(15)8(5)17/h2,5,7H,1H3. The molecular weight excluding hydrogens is 324 g/mol. The van der Waals surface area contributed by atoms with Crippen LogP contribution in [0.1, 0.15) is 11.5 Å². The molecule has 9 heteroatoms. The van der Waals surface area contributed by atoms with Gasteiger partial charge in [0.2, 0.25) is 11.6 Å². The number of halogens is 8. The lowest BCUT2D eigenvalue weighted by atomic mass is 9.87. The summed E-state index contributed by atoms with van der Waals surface area (Å²) in [5.74, 6) is -18.8. The molecule has 1 aliphatic carbocycles. The minimum Gasteiger partial charge on any atom is -0.491 e. The summed E-state index contributed by atoms with van der Waals surface area (Å²) in [6.45, 7) is 0. The first kappa shape index (κ1) is 16.3. The average molecular weight is 330 g/mol. The number of hydrogen-bond donors (Lipinski definition) is 0. The Bertz CT molecular complexity index is 665. The van der Waals surface area contributed by atoms with E-state index < -0.39 is 64.2 Å². The Hall–Kier alpha value is -2.06. The molecule has 1 aromatic carbocycles. The number of hydrogen-bond acceptors (Lipinski definition) is 1. The van der Waals surface area contributed by atoms with Gasteiger partial charge in [0.05, 0.1) is 13.0 Å². The van der Waals surface area contributed by atoms with Crippen molar-refractivity contribution in [2.75, 3.05) is 7.11 Å². The van der Waals surface area contributed by atoms with Crippen LogP contribution in [-0.2, 0) is 0 Å². The van der Waals surface area contributed by atoms with Crippen molar-refractivity contribution in [1.29, 1.82) is 0 Å². The summed E-state index contributed by atoms with van der Waals surface area (Å²) in [5, 5.41) is 0. The van der Waals surface area contributed by atoms with Crippen LogP contribution >= 0.6 is 0 Å². The third kappa shape index (κ3) is 2.24. The highest BCUT2D eigenvalue weighted by Gasteiger charge is 2.42. The van der Waals surface area contributed by atoms with Crippen LogP contribution in [0.5, 0.6) is 5.75 Å². The van der Waals surface area contributed by atoms with Gasteiger partial charge in [-0.25, -0.2) is 26.3 Å². The average Bonchev–Trinajstić information content (AvgIpc) is 2.47. The van der Waals surface area contributed by atoms with Crippen molar-refractivity contribution in [3.8, 4) is 5.75 Å². The van der Waals surface area contributed by atoms with Crippen LogP contribution in [0.2, 0.25) is 0 Å². The summed E-state index contributed by atoms with van der Waals surface area (Å²) in [7, 11) is 0.696. The zero-order chi connectivity index (χ0) is 16.8. The first-order chi connectivity index (χ1) is 10.2. The van der Waals surface area contributed by atoms with Crippen molar-refractivity contribution in [3.63, 3.8) is 0 Å². The van der Waals surface area contributed by atoms with E-state index in [4.69, 9.17) is 0 Å². The molecule has 0 amide bonds. The lowest BCUT2D eigenvalue weighted by molar-refractivity contribution is 0.250. The van der Waals surface area contributed by atoms with Crippen molar-refractivity contribution in [3.05, 3.63) is 52.4 Å². The van der Waals surface area contributed by atoms with E-state index in [0.29, 0.717) is 7.11 Å². The summed E-state index contributed by atoms with van der Waals surface area (Å²) >= 11 is 0. The Labute approximate surface area is 118 Å². The van der Waals surface area contributed by atoms with Crippen molar-refractivity contribution in [2.45, 2.75) is 12.1 Å². The zero-order valence-corrected chi connectivity index (χ0v) is 10.7. The van der Waals surface area contributed by atoms with Gasteiger partial charge in [0.25, 0.3) is 0 Å².